The fourth-order valence-electron chi connectivity index (χ4n) is 3.81. The van der Waals surface area contributed by atoms with E-state index >= 15 is 0 Å². The summed E-state index contributed by atoms with van der Waals surface area (Å²) in [6.45, 7) is 7.32. The second-order valence-corrected chi connectivity index (χ2v) is 11.3. The predicted octanol–water partition coefficient (Wildman–Crippen LogP) is 4.10. The van der Waals surface area contributed by atoms with Crippen LogP contribution in [0.15, 0.2) is 71.6 Å². The number of sulfonamides is 1. The fraction of sp³-hybridized carbons (Fsp3) is 0.357. The van der Waals surface area contributed by atoms with Crippen LogP contribution in [0.3, 0.4) is 0 Å². The average Bonchev–Trinajstić information content (AvgIpc) is 2.87. The molecule has 2 atom stereocenters. The number of rotatable bonds is 10. The molecule has 3 aromatic rings. The van der Waals surface area contributed by atoms with Gasteiger partial charge in [0.15, 0.2) is 0 Å². The first-order valence-corrected chi connectivity index (χ1v) is 13.6. The number of hydrogen-bond acceptors (Lipinski definition) is 4. The van der Waals surface area contributed by atoms with Crippen molar-refractivity contribution in [2.45, 2.75) is 57.6 Å². The summed E-state index contributed by atoms with van der Waals surface area (Å²) in [5.74, 6) is -0.723. The highest BCUT2D eigenvalue weighted by atomic mass is 32.2. The van der Waals surface area contributed by atoms with Crippen LogP contribution in [0.4, 0.5) is 0 Å². The molecule has 0 aliphatic heterocycles. The van der Waals surface area contributed by atoms with Crippen LogP contribution in [0, 0.1) is 6.92 Å². The molecular formula is C28H35N3O4S. The topological polar surface area (TPSA) is 86.8 Å². The minimum Gasteiger partial charge on any atom is -0.352 e. The third-order valence-electron chi connectivity index (χ3n) is 6.43. The number of likely N-dealkylation sites (N-methyl/N-ethyl adjacent to an activating group) is 1. The highest BCUT2D eigenvalue weighted by Gasteiger charge is 2.30. The normalized spacial score (nSPS) is 13.4. The number of carbonyl (C=O) groups is 2. The summed E-state index contributed by atoms with van der Waals surface area (Å²) in [4.78, 5) is 27.9. The summed E-state index contributed by atoms with van der Waals surface area (Å²) in [5.41, 5.74) is 1.94. The van der Waals surface area contributed by atoms with Crippen molar-refractivity contribution in [3.05, 3.63) is 77.9 Å². The van der Waals surface area contributed by atoms with Gasteiger partial charge in [-0.25, -0.2) is 8.42 Å². The van der Waals surface area contributed by atoms with Gasteiger partial charge < -0.3 is 10.2 Å². The zero-order valence-corrected chi connectivity index (χ0v) is 22.4. The van der Waals surface area contributed by atoms with Gasteiger partial charge in [0, 0.05) is 19.6 Å². The number of nitrogens with zero attached hydrogens (tertiary/aromatic N) is 2. The molecule has 1 N–H and O–H groups in total. The summed E-state index contributed by atoms with van der Waals surface area (Å²) < 4.78 is 27.6. The summed E-state index contributed by atoms with van der Waals surface area (Å²) >= 11 is 0. The van der Waals surface area contributed by atoms with Crippen molar-refractivity contribution in [3.8, 4) is 0 Å². The lowest BCUT2D eigenvalue weighted by molar-refractivity contribution is -0.140. The van der Waals surface area contributed by atoms with Crippen LogP contribution < -0.4 is 5.32 Å². The Kier molecular flexibility index (Phi) is 8.87. The molecule has 0 saturated carbocycles. The van der Waals surface area contributed by atoms with Gasteiger partial charge in [-0.2, -0.15) is 4.31 Å². The molecule has 0 spiro atoms. The van der Waals surface area contributed by atoms with E-state index < -0.39 is 22.0 Å². The van der Waals surface area contributed by atoms with Crippen LogP contribution in [-0.2, 0) is 26.2 Å². The van der Waals surface area contributed by atoms with Crippen LogP contribution in [0.2, 0.25) is 0 Å². The molecule has 2 amide bonds. The van der Waals surface area contributed by atoms with Gasteiger partial charge in [0.25, 0.3) is 0 Å². The molecule has 0 heterocycles. The molecule has 0 aliphatic carbocycles. The Morgan fingerprint density at radius 3 is 2.22 bits per heavy atom. The first-order valence-electron chi connectivity index (χ1n) is 12.1. The lowest BCUT2D eigenvalue weighted by Gasteiger charge is -2.31. The lowest BCUT2D eigenvalue weighted by atomic mass is 10.1. The van der Waals surface area contributed by atoms with Gasteiger partial charge in [-0.3, -0.25) is 9.59 Å². The Labute approximate surface area is 214 Å². The van der Waals surface area contributed by atoms with E-state index in [1.54, 1.807) is 25.1 Å². The molecule has 8 heteroatoms. The fourth-order valence-corrected chi connectivity index (χ4v) is 4.97. The van der Waals surface area contributed by atoms with Gasteiger partial charge in [0.1, 0.15) is 6.04 Å². The highest BCUT2D eigenvalue weighted by molar-refractivity contribution is 7.89. The highest BCUT2D eigenvalue weighted by Crippen LogP contribution is 2.22. The van der Waals surface area contributed by atoms with E-state index in [1.165, 1.54) is 11.9 Å². The molecule has 0 saturated heterocycles. The smallest absolute Gasteiger partial charge is 0.243 e. The SMILES string of the molecule is CC[C@@H](C)NC(=O)[C@H](C)N(Cc1ccc(C)cc1)C(=O)CN(C)S(=O)(=O)c1ccc2ccccc2c1. The van der Waals surface area contributed by atoms with Crippen molar-refractivity contribution < 1.29 is 18.0 Å². The van der Waals surface area contributed by atoms with Gasteiger partial charge in [-0.05, 0) is 55.7 Å². The molecule has 36 heavy (non-hydrogen) atoms. The van der Waals surface area contributed by atoms with Crippen LogP contribution in [-0.4, -0.2) is 55.1 Å². The zero-order valence-electron chi connectivity index (χ0n) is 21.6. The molecule has 7 nitrogen and oxygen atoms in total. The summed E-state index contributed by atoms with van der Waals surface area (Å²) in [6.07, 6.45) is 0.761. The van der Waals surface area contributed by atoms with Crippen LogP contribution in [0.5, 0.6) is 0 Å². The van der Waals surface area contributed by atoms with E-state index in [4.69, 9.17) is 0 Å². The van der Waals surface area contributed by atoms with E-state index in [-0.39, 0.29) is 29.9 Å². The molecule has 0 aliphatic rings. The monoisotopic (exact) mass is 509 g/mol. The summed E-state index contributed by atoms with van der Waals surface area (Å²) in [5, 5.41) is 4.65. The number of aryl methyl sites for hydroxylation is 1. The number of hydrogen-bond donors (Lipinski definition) is 1. The minimum atomic E-state index is -3.92. The number of nitrogens with one attached hydrogen (secondary N) is 1. The van der Waals surface area contributed by atoms with E-state index in [0.29, 0.717) is 0 Å². The average molecular weight is 510 g/mol. The summed E-state index contributed by atoms with van der Waals surface area (Å²) in [6, 6.07) is 19.3. The molecule has 0 radical (unpaired) electrons. The molecule has 3 aromatic carbocycles. The maximum absolute atomic E-state index is 13.5. The molecule has 192 valence electrons. The molecular weight excluding hydrogens is 474 g/mol. The Bertz CT molecular complexity index is 1320. The van der Waals surface area contributed by atoms with Gasteiger partial charge in [-0.15, -0.1) is 0 Å². The van der Waals surface area contributed by atoms with E-state index in [2.05, 4.69) is 5.32 Å². The van der Waals surface area contributed by atoms with Crippen molar-refractivity contribution in [1.82, 2.24) is 14.5 Å². The van der Waals surface area contributed by atoms with Crippen molar-refractivity contribution in [2.75, 3.05) is 13.6 Å². The van der Waals surface area contributed by atoms with Crippen molar-refractivity contribution in [1.29, 1.82) is 0 Å². The Morgan fingerprint density at radius 2 is 1.58 bits per heavy atom. The minimum absolute atomic E-state index is 0.0350. The Morgan fingerprint density at radius 1 is 0.944 bits per heavy atom. The maximum Gasteiger partial charge on any atom is 0.243 e. The lowest BCUT2D eigenvalue weighted by Crippen LogP contribution is -2.51. The zero-order chi connectivity index (χ0) is 26.5. The van der Waals surface area contributed by atoms with Crippen molar-refractivity contribution in [3.63, 3.8) is 0 Å². The van der Waals surface area contributed by atoms with Gasteiger partial charge in [-0.1, -0.05) is 67.1 Å². The molecule has 0 aromatic heterocycles. The van der Waals surface area contributed by atoms with Crippen LogP contribution in [0.1, 0.15) is 38.3 Å². The largest absolute Gasteiger partial charge is 0.352 e. The van der Waals surface area contributed by atoms with E-state index in [0.717, 1.165) is 32.6 Å². The third-order valence-corrected chi connectivity index (χ3v) is 8.23. The van der Waals surface area contributed by atoms with Gasteiger partial charge in [0.2, 0.25) is 21.8 Å². The standard InChI is InChI=1S/C28H35N3O4S/c1-6-21(3)29-28(33)22(4)31(18-23-13-11-20(2)12-14-23)27(32)19-30(5)36(34,35)26-16-15-24-9-7-8-10-25(24)17-26/h7-17,21-22H,6,18-19H2,1-5H3,(H,29,33)/t21-,22+/m1/s1. The number of fused-ring (bicyclic) bond motifs is 1. The van der Waals surface area contributed by atoms with Gasteiger partial charge in [0.05, 0.1) is 11.4 Å². The first kappa shape index (κ1) is 27.4. The molecule has 0 unspecified atom stereocenters. The number of benzene rings is 3. The quantitative estimate of drug-likeness (QED) is 0.446. The Balaban J connectivity index is 1.84. The molecule has 3 rings (SSSR count). The molecule has 0 fully saturated rings. The number of amides is 2. The predicted molar refractivity (Wildman–Crippen MR) is 143 cm³/mol. The first-order chi connectivity index (χ1) is 17.0. The van der Waals surface area contributed by atoms with E-state index in [9.17, 15) is 18.0 Å². The van der Waals surface area contributed by atoms with Crippen LogP contribution >= 0.6 is 0 Å². The second-order valence-electron chi connectivity index (χ2n) is 9.27. The second kappa shape index (κ2) is 11.7. The third kappa shape index (κ3) is 6.50. The maximum atomic E-state index is 13.5. The van der Waals surface area contributed by atoms with Crippen LogP contribution in [0.25, 0.3) is 10.8 Å². The van der Waals surface area contributed by atoms with Gasteiger partial charge >= 0.3 is 0 Å². The summed E-state index contributed by atoms with van der Waals surface area (Å²) in [7, 11) is -2.54. The molecule has 0 bridgehead atoms. The van der Waals surface area contributed by atoms with Crippen molar-refractivity contribution in [2.24, 2.45) is 0 Å². The number of carbonyl (C=O) groups excluding carboxylic acids is 2. The van der Waals surface area contributed by atoms with E-state index in [1.807, 2.05) is 69.3 Å². The Hall–Kier alpha value is -3.23. The van der Waals surface area contributed by atoms with Crippen molar-refractivity contribution >= 4 is 32.6 Å².